The monoisotopic (exact) mass is 382 g/mol. The van der Waals surface area contributed by atoms with Crippen molar-refractivity contribution in [1.82, 2.24) is 9.97 Å². The van der Waals surface area contributed by atoms with E-state index in [1.807, 2.05) is 30.3 Å². The van der Waals surface area contributed by atoms with E-state index in [9.17, 15) is 13.2 Å². The summed E-state index contributed by atoms with van der Waals surface area (Å²) in [6.45, 7) is 0.514. The first-order chi connectivity index (χ1) is 12.9. The third kappa shape index (κ3) is 3.48. The quantitative estimate of drug-likeness (QED) is 0.744. The number of fused-ring (bicyclic) bond motifs is 1. The van der Waals surface area contributed by atoms with E-state index in [1.165, 1.54) is 18.6 Å². The van der Waals surface area contributed by atoms with Gasteiger partial charge in [-0.25, -0.2) is 18.4 Å². The molecule has 0 aliphatic carbocycles. The maximum absolute atomic E-state index is 12.4. The van der Waals surface area contributed by atoms with Crippen LogP contribution in [0.15, 0.2) is 59.8 Å². The number of carbonyl (C=O) groups excluding carboxylic acids is 1. The fourth-order valence-corrected chi connectivity index (χ4v) is 3.88. The highest BCUT2D eigenvalue weighted by atomic mass is 32.2. The first-order valence-electron chi connectivity index (χ1n) is 8.48. The van der Waals surface area contributed by atoms with Gasteiger partial charge in [-0.15, -0.1) is 0 Å². The van der Waals surface area contributed by atoms with Crippen molar-refractivity contribution in [2.24, 2.45) is 0 Å². The van der Waals surface area contributed by atoms with Crippen molar-refractivity contribution >= 4 is 38.2 Å². The molecule has 1 aromatic heterocycles. The summed E-state index contributed by atoms with van der Waals surface area (Å²) in [4.78, 5) is 22.8. The molecular weight excluding hydrogens is 364 g/mol. The lowest BCUT2D eigenvalue weighted by molar-refractivity contribution is -0.117. The number of anilines is 2. The van der Waals surface area contributed by atoms with E-state index < -0.39 is 9.84 Å². The van der Waals surface area contributed by atoms with Gasteiger partial charge in [0.2, 0.25) is 5.91 Å². The predicted molar refractivity (Wildman–Crippen MR) is 103 cm³/mol. The van der Waals surface area contributed by atoms with E-state index in [2.05, 4.69) is 15.3 Å². The topological polar surface area (TPSA) is 92.3 Å². The lowest BCUT2D eigenvalue weighted by atomic mass is 10.2. The van der Waals surface area contributed by atoms with Crippen molar-refractivity contribution in [3.05, 3.63) is 54.9 Å². The van der Waals surface area contributed by atoms with Crippen molar-refractivity contribution in [3.8, 4) is 0 Å². The van der Waals surface area contributed by atoms with Crippen molar-refractivity contribution in [2.75, 3.05) is 23.0 Å². The Balaban J connectivity index is 1.63. The Morgan fingerprint density at radius 3 is 2.63 bits per heavy atom. The summed E-state index contributed by atoms with van der Waals surface area (Å²) in [6, 6.07) is 14.1. The molecule has 1 N–H and O–H groups in total. The largest absolute Gasteiger partial charge is 0.364 e. The normalized spacial score (nSPS) is 17.4. The van der Waals surface area contributed by atoms with E-state index in [-0.39, 0.29) is 16.8 Å². The number of benzene rings is 2. The zero-order valence-electron chi connectivity index (χ0n) is 14.7. The summed E-state index contributed by atoms with van der Waals surface area (Å²) in [6.07, 6.45) is 2.93. The van der Waals surface area contributed by atoms with E-state index in [0.29, 0.717) is 29.7 Å². The molecule has 27 heavy (non-hydrogen) atoms. The molecule has 0 bridgehead atoms. The average molecular weight is 382 g/mol. The van der Waals surface area contributed by atoms with E-state index in [0.717, 1.165) is 5.69 Å². The second-order valence-electron chi connectivity index (χ2n) is 6.56. The highest BCUT2D eigenvalue weighted by Crippen LogP contribution is 2.27. The zero-order valence-corrected chi connectivity index (χ0v) is 15.5. The van der Waals surface area contributed by atoms with Crippen LogP contribution in [-0.2, 0) is 14.6 Å². The van der Waals surface area contributed by atoms with E-state index >= 15 is 0 Å². The summed E-state index contributed by atoms with van der Waals surface area (Å²) < 4.78 is 23.7. The van der Waals surface area contributed by atoms with E-state index in [1.54, 1.807) is 17.0 Å². The van der Waals surface area contributed by atoms with E-state index in [4.69, 9.17) is 0 Å². The van der Waals surface area contributed by atoms with Crippen LogP contribution in [0.25, 0.3) is 10.9 Å². The molecule has 2 aromatic carbocycles. The molecule has 1 amide bonds. The summed E-state index contributed by atoms with van der Waals surface area (Å²) in [7, 11) is -3.34. The van der Waals surface area contributed by atoms with Crippen LogP contribution in [0.2, 0.25) is 0 Å². The van der Waals surface area contributed by atoms with Gasteiger partial charge in [-0.1, -0.05) is 18.2 Å². The smallest absolute Gasteiger partial charge is 0.229 e. The van der Waals surface area contributed by atoms with Crippen LogP contribution in [-0.4, -0.2) is 43.1 Å². The molecule has 0 saturated carbocycles. The van der Waals surface area contributed by atoms with Crippen molar-refractivity contribution in [1.29, 1.82) is 0 Å². The number of nitrogens with one attached hydrogen (secondary N) is 1. The molecule has 3 aromatic rings. The molecule has 138 valence electrons. The summed E-state index contributed by atoms with van der Waals surface area (Å²) >= 11 is 0. The number of sulfone groups is 1. The minimum atomic E-state index is -3.34. The number of aromatic nitrogens is 2. The zero-order chi connectivity index (χ0) is 19.0. The lowest BCUT2D eigenvalue weighted by Gasteiger charge is -2.18. The fourth-order valence-electron chi connectivity index (χ4n) is 3.24. The maximum atomic E-state index is 12.4. The van der Waals surface area contributed by atoms with Crippen LogP contribution in [0.1, 0.15) is 6.42 Å². The number of nitrogens with zero attached hydrogens (tertiary/aromatic N) is 3. The highest BCUT2D eigenvalue weighted by molar-refractivity contribution is 7.90. The molecule has 1 aliphatic rings. The Kier molecular flexibility index (Phi) is 4.27. The van der Waals surface area contributed by atoms with Crippen LogP contribution in [0.5, 0.6) is 0 Å². The molecule has 1 aliphatic heterocycles. The average Bonchev–Trinajstić information content (AvgIpc) is 3.02. The van der Waals surface area contributed by atoms with Gasteiger partial charge in [0, 0.05) is 30.3 Å². The van der Waals surface area contributed by atoms with Gasteiger partial charge in [-0.2, -0.15) is 0 Å². The van der Waals surface area contributed by atoms with Crippen LogP contribution >= 0.6 is 0 Å². The molecular formula is C19H18N4O3S. The van der Waals surface area contributed by atoms with Gasteiger partial charge in [-0.3, -0.25) is 4.79 Å². The third-order valence-electron chi connectivity index (χ3n) is 4.57. The van der Waals surface area contributed by atoms with Gasteiger partial charge in [0.15, 0.2) is 9.84 Å². The molecule has 1 saturated heterocycles. The van der Waals surface area contributed by atoms with Crippen LogP contribution < -0.4 is 10.2 Å². The fraction of sp³-hybridized carbons (Fsp3) is 0.211. The predicted octanol–water partition coefficient (Wildman–Crippen LogP) is 2.25. The lowest BCUT2D eigenvalue weighted by Crippen LogP contribution is -2.27. The number of hydrogen-bond donors (Lipinski definition) is 1. The molecule has 0 spiro atoms. The Labute approximate surface area is 157 Å². The van der Waals surface area contributed by atoms with Crippen molar-refractivity contribution in [2.45, 2.75) is 17.4 Å². The van der Waals surface area contributed by atoms with Crippen LogP contribution in [0.4, 0.5) is 11.5 Å². The molecule has 8 heteroatoms. The third-order valence-corrected chi connectivity index (χ3v) is 5.68. The molecule has 1 atom stereocenters. The van der Waals surface area contributed by atoms with Crippen molar-refractivity contribution in [3.63, 3.8) is 0 Å². The van der Waals surface area contributed by atoms with Gasteiger partial charge in [0.05, 0.1) is 16.5 Å². The minimum absolute atomic E-state index is 0.0360. The summed E-state index contributed by atoms with van der Waals surface area (Å²) in [5.41, 5.74) is 1.50. The standard InChI is InChI=1S/C19H18N4O3S/c1-27(25,26)15-7-8-17-16(10-15)19(21-12-20-17)22-13-9-18(24)23(11-13)14-5-3-2-4-6-14/h2-8,10,12-13H,9,11H2,1H3,(H,20,21,22). The van der Waals surface area contributed by atoms with Gasteiger partial charge >= 0.3 is 0 Å². The Morgan fingerprint density at radius 2 is 1.89 bits per heavy atom. The SMILES string of the molecule is CS(=O)(=O)c1ccc2ncnc(NC3CC(=O)N(c4ccccc4)C3)c2c1. The highest BCUT2D eigenvalue weighted by Gasteiger charge is 2.31. The molecule has 4 rings (SSSR count). The summed E-state index contributed by atoms with van der Waals surface area (Å²) in [5.74, 6) is 0.562. The number of carbonyl (C=O) groups is 1. The second-order valence-corrected chi connectivity index (χ2v) is 8.57. The van der Waals surface area contributed by atoms with Crippen molar-refractivity contribution < 1.29 is 13.2 Å². The first kappa shape index (κ1) is 17.4. The molecule has 1 unspecified atom stereocenters. The van der Waals surface area contributed by atoms with Gasteiger partial charge in [0.25, 0.3) is 0 Å². The summed E-state index contributed by atoms with van der Waals surface area (Å²) in [5, 5.41) is 3.90. The van der Waals surface area contributed by atoms with Gasteiger partial charge in [-0.05, 0) is 30.3 Å². The number of rotatable bonds is 4. The first-order valence-corrected chi connectivity index (χ1v) is 10.4. The Morgan fingerprint density at radius 1 is 1.11 bits per heavy atom. The van der Waals surface area contributed by atoms with Crippen LogP contribution in [0, 0.1) is 0 Å². The van der Waals surface area contributed by atoms with Crippen LogP contribution in [0.3, 0.4) is 0 Å². The van der Waals surface area contributed by atoms with Gasteiger partial charge < -0.3 is 10.2 Å². The maximum Gasteiger partial charge on any atom is 0.229 e. The Bertz CT molecular complexity index is 1120. The molecule has 7 nitrogen and oxygen atoms in total. The van der Waals surface area contributed by atoms with Gasteiger partial charge in [0.1, 0.15) is 12.1 Å². The Hall–Kier alpha value is -3.00. The number of para-hydroxylation sites is 1. The number of amides is 1. The molecule has 1 fully saturated rings. The molecule has 2 heterocycles. The molecule has 0 radical (unpaired) electrons. The minimum Gasteiger partial charge on any atom is -0.364 e. The number of hydrogen-bond acceptors (Lipinski definition) is 6. The second kappa shape index (κ2) is 6.62.